The van der Waals surface area contributed by atoms with Gasteiger partial charge in [0.2, 0.25) is 0 Å². The van der Waals surface area contributed by atoms with Crippen molar-refractivity contribution in [1.82, 2.24) is 10.6 Å². The third-order valence-corrected chi connectivity index (χ3v) is 1.60. The van der Waals surface area contributed by atoms with Gasteiger partial charge < -0.3 is 16.4 Å². The monoisotopic (exact) mass is 299 g/mol. The minimum Gasteiger partial charge on any atom is -0.329 e. The zero-order valence-corrected chi connectivity index (χ0v) is 15.7. The van der Waals surface area contributed by atoms with E-state index in [0.717, 1.165) is 42.9 Å². The molecule has 0 saturated carbocycles. The van der Waals surface area contributed by atoms with Crippen LogP contribution in [0.5, 0.6) is 0 Å². The van der Waals surface area contributed by atoms with Crippen LogP contribution in [0.1, 0.15) is 48.5 Å². The molecule has 0 aromatic carbocycles. The summed E-state index contributed by atoms with van der Waals surface area (Å²) >= 11 is 0. The normalized spacial score (nSPS) is 8.00. The van der Waals surface area contributed by atoms with Crippen LogP contribution in [0, 0.1) is 0 Å². The highest BCUT2D eigenvalue weighted by atomic mass is 14.9. The zero-order valence-electron chi connectivity index (χ0n) is 15.7. The molecule has 128 valence electrons. The van der Waals surface area contributed by atoms with Crippen molar-refractivity contribution in [3.8, 4) is 0 Å². The summed E-state index contributed by atoms with van der Waals surface area (Å²) in [6.45, 7) is 29.5. The van der Waals surface area contributed by atoms with Gasteiger partial charge in [0.1, 0.15) is 0 Å². The second kappa shape index (κ2) is 27.4. The van der Waals surface area contributed by atoms with Crippen LogP contribution in [0.3, 0.4) is 0 Å². The van der Waals surface area contributed by atoms with E-state index in [4.69, 9.17) is 5.73 Å². The molecular weight excluding hydrogens is 258 g/mol. The van der Waals surface area contributed by atoms with Crippen LogP contribution < -0.4 is 16.4 Å². The van der Waals surface area contributed by atoms with Gasteiger partial charge in [-0.05, 0) is 20.8 Å². The first-order chi connectivity index (χ1) is 9.90. The van der Waals surface area contributed by atoms with E-state index in [-0.39, 0.29) is 0 Å². The third-order valence-electron chi connectivity index (χ3n) is 1.60. The molecule has 0 spiro atoms. The van der Waals surface area contributed by atoms with E-state index in [1.807, 2.05) is 48.5 Å². The Labute approximate surface area is 134 Å². The van der Waals surface area contributed by atoms with Crippen LogP contribution in [0.2, 0.25) is 0 Å². The van der Waals surface area contributed by atoms with Gasteiger partial charge in [0.25, 0.3) is 0 Å². The number of hydrogen-bond donors (Lipinski definition) is 3. The second-order valence-corrected chi connectivity index (χ2v) is 4.44. The molecule has 3 nitrogen and oxygen atoms in total. The van der Waals surface area contributed by atoms with Gasteiger partial charge in [0.15, 0.2) is 0 Å². The van der Waals surface area contributed by atoms with Crippen molar-refractivity contribution in [2.24, 2.45) is 5.73 Å². The lowest BCUT2D eigenvalue weighted by Crippen LogP contribution is -2.23. The van der Waals surface area contributed by atoms with Crippen molar-refractivity contribution in [1.29, 1.82) is 0 Å². The van der Waals surface area contributed by atoms with Crippen molar-refractivity contribution in [3.63, 3.8) is 0 Å². The maximum absolute atomic E-state index is 5.22. The molecule has 0 aromatic rings. The van der Waals surface area contributed by atoms with Crippen LogP contribution in [-0.2, 0) is 0 Å². The Kier molecular flexibility index (Phi) is 37.0. The summed E-state index contributed by atoms with van der Waals surface area (Å²) in [5.41, 5.74) is 8.70. The Morgan fingerprint density at radius 1 is 0.714 bits per heavy atom. The maximum Gasteiger partial charge on any atom is 0.0162 e. The van der Waals surface area contributed by atoms with Crippen molar-refractivity contribution in [2.75, 3.05) is 32.7 Å². The highest BCUT2D eigenvalue weighted by molar-refractivity contribution is 4.95. The van der Waals surface area contributed by atoms with Crippen molar-refractivity contribution in [3.05, 3.63) is 36.5 Å². The van der Waals surface area contributed by atoms with Gasteiger partial charge in [-0.15, -0.1) is 0 Å². The van der Waals surface area contributed by atoms with Gasteiger partial charge in [-0.1, -0.05) is 64.2 Å². The van der Waals surface area contributed by atoms with Crippen molar-refractivity contribution in [2.45, 2.75) is 48.5 Å². The first-order valence-electron chi connectivity index (χ1n) is 7.94. The average molecular weight is 300 g/mol. The Balaban J connectivity index is -0.000000111. The number of hydrogen-bond acceptors (Lipinski definition) is 3. The third kappa shape index (κ3) is 54.7. The van der Waals surface area contributed by atoms with Crippen LogP contribution in [0.15, 0.2) is 36.5 Å². The largest absolute Gasteiger partial charge is 0.329 e. The summed E-state index contributed by atoms with van der Waals surface area (Å²) in [5, 5.41) is 6.30. The summed E-state index contributed by atoms with van der Waals surface area (Å²) < 4.78 is 0. The first kappa shape index (κ1) is 28.3. The molecule has 0 fully saturated rings. The van der Waals surface area contributed by atoms with Gasteiger partial charge in [0.05, 0.1) is 0 Å². The lowest BCUT2D eigenvalue weighted by molar-refractivity contribution is 0.737. The first-order valence-corrected chi connectivity index (χ1v) is 7.94. The topological polar surface area (TPSA) is 50.1 Å². The van der Waals surface area contributed by atoms with Gasteiger partial charge in [-0.2, -0.15) is 0 Å². The summed E-state index contributed by atoms with van der Waals surface area (Å²) in [4.78, 5) is 0. The van der Waals surface area contributed by atoms with Crippen molar-refractivity contribution >= 4 is 0 Å². The smallest absolute Gasteiger partial charge is 0.0162 e. The van der Waals surface area contributed by atoms with E-state index in [1.165, 1.54) is 0 Å². The summed E-state index contributed by atoms with van der Waals surface area (Å²) in [6.07, 6.45) is 0. The predicted octanol–water partition coefficient (Wildman–Crippen LogP) is 3.89. The Morgan fingerprint density at radius 2 is 1.00 bits per heavy atom. The average Bonchev–Trinajstić information content (AvgIpc) is 2.43. The van der Waals surface area contributed by atoms with Gasteiger partial charge in [0, 0.05) is 32.7 Å². The molecule has 4 N–H and O–H groups in total. The molecule has 0 aliphatic rings. The zero-order chi connectivity index (χ0) is 17.7. The molecule has 0 heterocycles. The number of nitrogens with one attached hydrogen (secondary N) is 2. The molecule has 0 unspecified atom stereocenters. The fourth-order valence-corrected chi connectivity index (χ4v) is 0.893. The molecule has 0 bridgehead atoms. The summed E-state index contributed by atoms with van der Waals surface area (Å²) in [7, 11) is 0. The van der Waals surface area contributed by atoms with Crippen LogP contribution in [-0.4, -0.2) is 32.7 Å². The standard InChI is InChI=1S/C8H15N.C6H14N2.2C2H6/c1-7(2)5-9-6-8(3)4;1-6(2)5-8-4-3-7;2*1-2/h9H,1,3,5-6H2,2,4H3;8H,1,3-5,7H2,2H3;2*1-2H3. The van der Waals surface area contributed by atoms with Crippen LogP contribution in [0.4, 0.5) is 0 Å². The highest BCUT2D eigenvalue weighted by Crippen LogP contribution is 1.84. The van der Waals surface area contributed by atoms with Gasteiger partial charge in [-0.25, -0.2) is 0 Å². The molecule has 0 radical (unpaired) electrons. The molecule has 0 aromatic heterocycles. The highest BCUT2D eigenvalue weighted by Gasteiger charge is 1.85. The Bertz CT molecular complexity index is 219. The Morgan fingerprint density at radius 3 is 1.24 bits per heavy atom. The van der Waals surface area contributed by atoms with E-state index in [9.17, 15) is 0 Å². The molecule has 0 rings (SSSR count). The van der Waals surface area contributed by atoms with Gasteiger partial charge in [-0.3, -0.25) is 0 Å². The Hall–Kier alpha value is -0.900. The van der Waals surface area contributed by atoms with E-state index < -0.39 is 0 Å². The summed E-state index contributed by atoms with van der Waals surface area (Å²) in [5.74, 6) is 0. The molecule has 3 heteroatoms. The molecule has 0 amide bonds. The van der Waals surface area contributed by atoms with Gasteiger partial charge >= 0.3 is 0 Å². The molecule has 0 saturated heterocycles. The quantitative estimate of drug-likeness (QED) is 0.471. The minimum atomic E-state index is 0.702. The molecule has 21 heavy (non-hydrogen) atoms. The fraction of sp³-hybridized carbons (Fsp3) is 0.667. The molecular formula is C18H41N3. The van der Waals surface area contributed by atoms with Crippen LogP contribution >= 0.6 is 0 Å². The molecule has 0 aliphatic carbocycles. The predicted molar refractivity (Wildman–Crippen MR) is 102 cm³/mol. The van der Waals surface area contributed by atoms with E-state index in [1.54, 1.807) is 0 Å². The minimum absolute atomic E-state index is 0.702. The maximum atomic E-state index is 5.22. The number of rotatable bonds is 8. The SMILES string of the molecule is C=C(C)CNCC(=C)C.C=C(C)CNCCN.CC.CC. The van der Waals surface area contributed by atoms with Crippen molar-refractivity contribution < 1.29 is 0 Å². The molecule has 0 atom stereocenters. The van der Waals surface area contributed by atoms with E-state index >= 15 is 0 Å². The van der Waals surface area contributed by atoms with Crippen LogP contribution in [0.25, 0.3) is 0 Å². The summed E-state index contributed by atoms with van der Waals surface area (Å²) in [6, 6.07) is 0. The second-order valence-electron chi connectivity index (χ2n) is 4.44. The molecule has 0 aliphatic heterocycles. The number of nitrogens with two attached hydrogens (primary N) is 1. The fourth-order valence-electron chi connectivity index (χ4n) is 0.893. The van der Waals surface area contributed by atoms with E-state index in [2.05, 4.69) is 30.4 Å². The lowest BCUT2D eigenvalue weighted by atomic mass is 10.3. The lowest BCUT2D eigenvalue weighted by Gasteiger charge is -2.01. The van der Waals surface area contributed by atoms with E-state index in [0.29, 0.717) is 6.54 Å².